The molecular weight excluding hydrogens is 254 g/mol. The van der Waals surface area contributed by atoms with Crippen molar-refractivity contribution in [2.45, 2.75) is 19.8 Å². The molecule has 0 radical (unpaired) electrons. The molecule has 0 spiro atoms. The largest absolute Gasteiger partial charge is 0.448 e. The number of nitrogens with zero attached hydrogens (tertiary/aromatic N) is 1. The Morgan fingerprint density at radius 3 is 2.47 bits per heavy atom. The number of hydrogen-bond acceptors (Lipinski definition) is 2. The summed E-state index contributed by atoms with van der Waals surface area (Å²) in [4.78, 5) is 4.26. The summed E-state index contributed by atoms with van der Waals surface area (Å²) in [6.07, 6.45) is 1.51. The minimum Gasteiger partial charge on any atom is -0.448 e. The first-order chi connectivity index (χ1) is 7.18. The Balaban J connectivity index is 2.45. The van der Waals surface area contributed by atoms with Crippen LogP contribution in [0.1, 0.15) is 25.5 Å². The first kappa shape index (κ1) is 10.4. The van der Waals surface area contributed by atoms with E-state index in [2.05, 4.69) is 34.8 Å². The van der Waals surface area contributed by atoms with Crippen molar-refractivity contribution in [2.24, 2.45) is 0 Å². The summed E-state index contributed by atoms with van der Waals surface area (Å²) in [6, 6.07) is 8.09. The van der Waals surface area contributed by atoms with E-state index in [4.69, 9.17) is 4.42 Å². The monoisotopic (exact) mass is 265 g/mol. The summed E-state index contributed by atoms with van der Waals surface area (Å²) in [5.41, 5.74) is 2.04. The average molecular weight is 266 g/mol. The van der Waals surface area contributed by atoms with Crippen LogP contribution in [0, 0.1) is 0 Å². The fourth-order valence-corrected chi connectivity index (χ4v) is 1.75. The standard InChI is InChI=1S/C12H12BrNO/c1-8(2)12-11(14-7-15-12)9-3-5-10(13)6-4-9/h3-8H,1-2H3. The van der Waals surface area contributed by atoms with E-state index in [1.807, 2.05) is 24.3 Å². The number of aromatic nitrogens is 1. The van der Waals surface area contributed by atoms with Crippen LogP contribution in [0.25, 0.3) is 11.3 Å². The first-order valence-electron chi connectivity index (χ1n) is 4.88. The maximum Gasteiger partial charge on any atom is 0.181 e. The van der Waals surface area contributed by atoms with Crippen molar-refractivity contribution in [1.29, 1.82) is 0 Å². The van der Waals surface area contributed by atoms with Crippen LogP contribution in [0.5, 0.6) is 0 Å². The number of benzene rings is 1. The summed E-state index contributed by atoms with van der Waals surface area (Å²) >= 11 is 3.41. The number of halogens is 1. The Bertz CT molecular complexity index is 445. The summed E-state index contributed by atoms with van der Waals surface area (Å²) < 4.78 is 6.46. The van der Waals surface area contributed by atoms with Crippen LogP contribution in [0.3, 0.4) is 0 Å². The third kappa shape index (κ3) is 2.12. The van der Waals surface area contributed by atoms with Gasteiger partial charge in [0.05, 0.1) is 0 Å². The van der Waals surface area contributed by atoms with Gasteiger partial charge in [-0.3, -0.25) is 0 Å². The molecule has 3 heteroatoms. The zero-order valence-electron chi connectivity index (χ0n) is 8.70. The van der Waals surface area contributed by atoms with Gasteiger partial charge in [-0.1, -0.05) is 41.9 Å². The van der Waals surface area contributed by atoms with E-state index in [9.17, 15) is 0 Å². The van der Waals surface area contributed by atoms with Gasteiger partial charge in [0.2, 0.25) is 0 Å². The normalized spacial score (nSPS) is 10.9. The predicted molar refractivity (Wildman–Crippen MR) is 63.7 cm³/mol. The molecule has 1 aromatic heterocycles. The molecule has 0 aliphatic carbocycles. The van der Waals surface area contributed by atoms with Crippen LogP contribution >= 0.6 is 15.9 Å². The molecule has 0 aliphatic rings. The molecule has 78 valence electrons. The molecule has 0 aliphatic heterocycles. The molecule has 0 bridgehead atoms. The number of hydrogen-bond donors (Lipinski definition) is 0. The van der Waals surface area contributed by atoms with Gasteiger partial charge in [0.25, 0.3) is 0 Å². The van der Waals surface area contributed by atoms with Gasteiger partial charge in [-0.15, -0.1) is 0 Å². The molecule has 2 nitrogen and oxygen atoms in total. The molecule has 2 aromatic rings. The van der Waals surface area contributed by atoms with Crippen molar-refractivity contribution in [1.82, 2.24) is 4.98 Å². The minimum absolute atomic E-state index is 0.353. The van der Waals surface area contributed by atoms with E-state index in [1.165, 1.54) is 6.39 Å². The Hall–Kier alpha value is -1.09. The SMILES string of the molecule is CC(C)c1ocnc1-c1ccc(Br)cc1. The highest BCUT2D eigenvalue weighted by Gasteiger charge is 2.13. The van der Waals surface area contributed by atoms with Crippen LogP contribution in [-0.4, -0.2) is 4.98 Å². The lowest BCUT2D eigenvalue weighted by Crippen LogP contribution is -1.88. The molecule has 0 unspecified atom stereocenters. The minimum atomic E-state index is 0.353. The van der Waals surface area contributed by atoms with Gasteiger partial charge in [0.15, 0.2) is 6.39 Å². The smallest absolute Gasteiger partial charge is 0.181 e. The fraction of sp³-hybridized carbons (Fsp3) is 0.250. The quantitative estimate of drug-likeness (QED) is 0.813. The molecule has 0 N–H and O–H groups in total. The molecule has 0 saturated heterocycles. The summed E-state index contributed by atoms with van der Waals surface area (Å²) in [5, 5.41) is 0. The van der Waals surface area contributed by atoms with Gasteiger partial charge in [0, 0.05) is 16.0 Å². The lowest BCUT2D eigenvalue weighted by molar-refractivity contribution is 0.483. The molecular formula is C12H12BrNO. The topological polar surface area (TPSA) is 26.0 Å². The Morgan fingerprint density at radius 2 is 1.87 bits per heavy atom. The first-order valence-corrected chi connectivity index (χ1v) is 5.67. The van der Waals surface area contributed by atoms with Crippen molar-refractivity contribution in [3.63, 3.8) is 0 Å². The van der Waals surface area contributed by atoms with Crippen molar-refractivity contribution in [2.75, 3.05) is 0 Å². The second kappa shape index (κ2) is 4.19. The molecule has 15 heavy (non-hydrogen) atoms. The van der Waals surface area contributed by atoms with Crippen molar-refractivity contribution < 1.29 is 4.42 Å². The molecule has 0 fully saturated rings. The van der Waals surface area contributed by atoms with Crippen LogP contribution in [0.15, 0.2) is 39.5 Å². The highest BCUT2D eigenvalue weighted by atomic mass is 79.9. The summed E-state index contributed by atoms with van der Waals surface area (Å²) in [5.74, 6) is 1.29. The van der Waals surface area contributed by atoms with E-state index in [1.54, 1.807) is 0 Å². The Morgan fingerprint density at radius 1 is 1.20 bits per heavy atom. The van der Waals surface area contributed by atoms with Crippen molar-refractivity contribution in [3.8, 4) is 11.3 Å². The predicted octanol–water partition coefficient (Wildman–Crippen LogP) is 4.23. The molecule has 0 amide bonds. The maximum atomic E-state index is 5.39. The third-order valence-electron chi connectivity index (χ3n) is 2.24. The van der Waals surface area contributed by atoms with Gasteiger partial charge >= 0.3 is 0 Å². The van der Waals surface area contributed by atoms with E-state index < -0.39 is 0 Å². The highest BCUT2D eigenvalue weighted by Crippen LogP contribution is 2.28. The van der Waals surface area contributed by atoms with E-state index in [0.29, 0.717) is 5.92 Å². The molecule has 0 atom stereocenters. The van der Waals surface area contributed by atoms with Gasteiger partial charge in [-0.05, 0) is 12.1 Å². The van der Waals surface area contributed by atoms with Gasteiger partial charge in [-0.25, -0.2) is 4.98 Å². The lowest BCUT2D eigenvalue weighted by atomic mass is 10.0. The number of oxazole rings is 1. The summed E-state index contributed by atoms with van der Waals surface area (Å²) in [6.45, 7) is 4.20. The average Bonchev–Trinajstić information content (AvgIpc) is 2.67. The zero-order chi connectivity index (χ0) is 10.8. The van der Waals surface area contributed by atoms with Gasteiger partial charge in [-0.2, -0.15) is 0 Å². The molecule has 1 heterocycles. The molecule has 2 rings (SSSR count). The fourth-order valence-electron chi connectivity index (χ4n) is 1.49. The van der Waals surface area contributed by atoms with E-state index >= 15 is 0 Å². The summed E-state index contributed by atoms with van der Waals surface area (Å²) in [7, 11) is 0. The van der Waals surface area contributed by atoms with Gasteiger partial charge in [0.1, 0.15) is 11.5 Å². The lowest BCUT2D eigenvalue weighted by Gasteiger charge is -2.03. The highest BCUT2D eigenvalue weighted by molar-refractivity contribution is 9.10. The number of rotatable bonds is 2. The van der Waals surface area contributed by atoms with Crippen molar-refractivity contribution >= 4 is 15.9 Å². The van der Waals surface area contributed by atoms with Crippen LogP contribution in [0.2, 0.25) is 0 Å². The maximum absolute atomic E-state index is 5.39. The van der Waals surface area contributed by atoms with Crippen LogP contribution < -0.4 is 0 Å². The van der Waals surface area contributed by atoms with Crippen molar-refractivity contribution in [3.05, 3.63) is 40.9 Å². The van der Waals surface area contributed by atoms with Crippen LogP contribution in [-0.2, 0) is 0 Å². The second-order valence-electron chi connectivity index (χ2n) is 3.73. The Labute approximate surface area is 97.5 Å². The van der Waals surface area contributed by atoms with Gasteiger partial charge < -0.3 is 4.42 Å². The Kier molecular flexibility index (Phi) is 2.91. The molecule has 0 saturated carbocycles. The van der Waals surface area contributed by atoms with E-state index in [-0.39, 0.29) is 0 Å². The third-order valence-corrected chi connectivity index (χ3v) is 2.77. The molecule has 1 aromatic carbocycles. The van der Waals surface area contributed by atoms with Crippen LogP contribution in [0.4, 0.5) is 0 Å². The zero-order valence-corrected chi connectivity index (χ0v) is 10.3. The second-order valence-corrected chi connectivity index (χ2v) is 4.64. The van der Waals surface area contributed by atoms with E-state index in [0.717, 1.165) is 21.5 Å².